The van der Waals surface area contributed by atoms with Crippen LogP contribution in [0.3, 0.4) is 0 Å². The molecule has 0 fully saturated rings. The summed E-state index contributed by atoms with van der Waals surface area (Å²) in [6, 6.07) is 27.8. The van der Waals surface area contributed by atoms with Crippen LogP contribution in [0, 0.1) is 0 Å². The number of rotatable bonds is 10. The quantitative estimate of drug-likeness (QED) is 0.203. The second kappa shape index (κ2) is 13.0. The maximum Gasteiger partial charge on any atom is 0.258 e. The summed E-state index contributed by atoms with van der Waals surface area (Å²) >= 11 is 6.19. The van der Waals surface area contributed by atoms with Gasteiger partial charge in [-0.2, -0.15) is 0 Å². The summed E-state index contributed by atoms with van der Waals surface area (Å²) in [5.41, 5.74) is 5.47. The monoisotopic (exact) mass is 596 g/mol. The SMILES string of the molecule is COc1ccc(C(=O)N(CCN(C)C)c2ccc(N/C(=C3\C(=O)Nc4cc(Cl)ccc43)c3ccccc3)cc2)cc1OC. The number of carbonyl (C=O) groups excluding carboxylic acids is 2. The Bertz CT molecular complexity index is 1670. The molecule has 0 aliphatic carbocycles. The third kappa shape index (κ3) is 6.51. The molecule has 5 rings (SSSR count). The fraction of sp³-hybridized carbons (Fsp3) is 0.176. The number of nitrogens with zero attached hydrogens (tertiary/aromatic N) is 2. The highest BCUT2D eigenvalue weighted by molar-refractivity contribution is 6.38. The molecule has 0 aromatic heterocycles. The number of halogens is 1. The van der Waals surface area contributed by atoms with Crippen molar-refractivity contribution in [3.63, 3.8) is 0 Å². The molecule has 9 heteroatoms. The molecule has 0 unspecified atom stereocenters. The number of nitrogens with one attached hydrogen (secondary N) is 2. The molecule has 8 nitrogen and oxygen atoms in total. The van der Waals surface area contributed by atoms with Crippen LogP contribution in [0.5, 0.6) is 11.5 Å². The van der Waals surface area contributed by atoms with Crippen LogP contribution in [0.4, 0.5) is 17.1 Å². The van der Waals surface area contributed by atoms with Gasteiger partial charge in [0.05, 0.1) is 31.2 Å². The first kappa shape index (κ1) is 29.7. The first-order chi connectivity index (χ1) is 20.8. The molecule has 1 aliphatic heterocycles. The van der Waals surface area contributed by atoms with Crippen LogP contribution in [0.25, 0.3) is 11.3 Å². The lowest BCUT2D eigenvalue weighted by atomic mass is 10.00. The summed E-state index contributed by atoms with van der Waals surface area (Å²) < 4.78 is 10.8. The van der Waals surface area contributed by atoms with Crippen molar-refractivity contribution in [1.82, 2.24) is 4.90 Å². The van der Waals surface area contributed by atoms with Crippen molar-refractivity contribution in [2.24, 2.45) is 0 Å². The van der Waals surface area contributed by atoms with E-state index in [0.717, 1.165) is 22.5 Å². The minimum absolute atomic E-state index is 0.159. The highest BCUT2D eigenvalue weighted by atomic mass is 35.5. The first-order valence-electron chi connectivity index (χ1n) is 13.8. The number of amides is 2. The van der Waals surface area contributed by atoms with Gasteiger partial charge in [0.25, 0.3) is 11.8 Å². The molecule has 0 saturated carbocycles. The van der Waals surface area contributed by atoms with E-state index in [9.17, 15) is 9.59 Å². The summed E-state index contributed by atoms with van der Waals surface area (Å²) in [6.07, 6.45) is 0. The zero-order valence-corrected chi connectivity index (χ0v) is 25.2. The van der Waals surface area contributed by atoms with Crippen LogP contribution < -0.4 is 25.0 Å². The van der Waals surface area contributed by atoms with Crippen molar-refractivity contribution in [2.75, 3.05) is 56.9 Å². The van der Waals surface area contributed by atoms with E-state index in [-0.39, 0.29) is 11.8 Å². The van der Waals surface area contributed by atoms with Crippen LogP contribution in [0.1, 0.15) is 21.5 Å². The molecular weight excluding hydrogens is 564 g/mol. The third-order valence-electron chi connectivity index (χ3n) is 7.13. The molecular formula is C34H33ClN4O4. The highest BCUT2D eigenvalue weighted by Gasteiger charge is 2.29. The Labute approximate surface area is 256 Å². The van der Waals surface area contributed by atoms with Crippen molar-refractivity contribution < 1.29 is 19.1 Å². The van der Waals surface area contributed by atoms with E-state index >= 15 is 0 Å². The average molecular weight is 597 g/mol. The van der Waals surface area contributed by atoms with Gasteiger partial charge in [-0.05, 0) is 74.3 Å². The van der Waals surface area contributed by atoms with Crippen LogP contribution in [-0.2, 0) is 4.79 Å². The van der Waals surface area contributed by atoms with Gasteiger partial charge in [0.1, 0.15) is 0 Å². The fourth-order valence-corrected chi connectivity index (χ4v) is 5.09. The van der Waals surface area contributed by atoms with Gasteiger partial charge in [0, 0.05) is 40.6 Å². The molecule has 0 atom stereocenters. The van der Waals surface area contributed by atoms with Crippen molar-refractivity contribution in [1.29, 1.82) is 0 Å². The van der Waals surface area contributed by atoms with E-state index < -0.39 is 0 Å². The highest BCUT2D eigenvalue weighted by Crippen LogP contribution is 2.39. The van der Waals surface area contributed by atoms with Gasteiger partial charge in [-0.3, -0.25) is 9.59 Å². The molecule has 220 valence electrons. The number of benzene rings is 4. The van der Waals surface area contributed by atoms with Crippen LogP contribution in [-0.4, -0.2) is 58.1 Å². The predicted molar refractivity (Wildman–Crippen MR) is 173 cm³/mol. The molecule has 2 amide bonds. The van der Waals surface area contributed by atoms with Crippen molar-refractivity contribution in [3.05, 3.63) is 113 Å². The van der Waals surface area contributed by atoms with Crippen molar-refractivity contribution >= 4 is 51.7 Å². The molecule has 0 saturated heterocycles. The maximum absolute atomic E-state index is 13.8. The van der Waals surface area contributed by atoms with E-state index in [1.54, 1.807) is 49.5 Å². The largest absolute Gasteiger partial charge is 0.493 e. The van der Waals surface area contributed by atoms with E-state index in [4.69, 9.17) is 21.1 Å². The topological polar surface area (TPSA) is 83.1 Å². The number of fused-ring (bicyclic) bond motifs is 1. The maximum atomic E-state index is 13.8. The number of hydrogen-bond acceptors (Lipinski definition) is 6. The second-order valence-electron chi connectivity index (χ2n) is 10.3. The van der Waals surface area contributed by atoms with Gasteiger partial charge in [0.2, 0.25) is 0 Å². The Kier molecular flexibility index (Phi) is 8.99. The number of hydrogen-bond donors (Lipinski definition) is 2. The van der Waals surface area contributed by atoms with Gasteiger partial charge in [-0.1, -0.05) is 48.0 Å². The summed E-state index contributed by atoms with van der Waals surface area (Å²) in [7, 11) is 7.04. The molecule has 0 spiro atoms. The number of likely N-dealkylation sites (N-methyl/N-ethyl adjacent to an activating group) is 1. The molecule has 43 heavy (non-hydrogen) atoms. The Morgan fingerprint density at radius 1 is 0.837 bits per heavy atom. The standard InChI is InChI=1S/C34H33ClN4O4/c1-38(2)18-19-39(34(41)23-10-17-29(42-3)30(20-23)43-4)26-14-12-25(13-15-26)36-32(22-8-6-5-7-9-22)31-27-16-11-24(35)21-28(27)37-33(31)40/h5-17,20-21,36H,18-19H2,1-4H3,(H,37,40)/b32-31-. The van der Waals surface area contributed by atoms with E-state index in [0.29, 0.717) is 52.1 Å². The molecule has 1 aliphatic rings. The lowest BCUT2D eigenvalue weighted by Crippen LogP contribution is -2.36. The molecule has 0 bridgehead atoms. The lowest BCUT2D eigenvalue weighted by Gasteiger charge is -2.25. The average Bonchev–Trinajstić information content (AvgIpc) is 3.34. The van der Waals surface area contributed by atoms with Crippen LogP contribution >= 0.6 is 11.6 Å². The Morgan fingerprint density at radius 3 is 2.23 bits per heavy atom. The Morgan fingerprint density at radius 2 is 1.56 bits per heavy atom. The summed E-state index contributed by atoms with van der Waals surface area (Å²) in [6.45, 7) is 1.15. The normalized spacial score (nSPS) is 13.3. The minimum Gasteiger partial charge on any atom is -0.493 e. The van der Waals surface area contributed by atoms with E-state index in [1.165, 1.54) is 0 Å². The van der Waals surface area contributed by atoms with E-state index in [2.05, 4.69) is 10.6 Å². The van der Waals surface area contributed by atoms with Crippen molar-refractivity contribution in [3.8, 4) is 11.5 Å². The summed E-state index contributed by atoms with van der Waals surface area (Å²) in [5, 5.41) is 6.95. The van der Waals surface area contributed by atoms with Gasteiger partial charge < -0.3 is 29.9 Å². The number of ether oxygens (including phenoxy) is 2. The zero-order valence-electron chi connectivity index (χ0n) is 24.5. The Balaban J connectivity index is 1.49. The van der Waals surface area contributed by atoms with E-state index in [1.807, 2.05) is 79.7 Å². The first-order valence-corrected chi connectivity index (χ1v) is 14.1. The van der Waals surface area contributed by atoms with Gasteiger partial charge in [-0.25, -0.2) is 0 Å². The molecule has 2 N–H and O–H groups in total. The number of carbonyl (C=O) groups is 2. The fourth-order valence-electron chi connectivity index (χ4n) is 4.92. The van der Waals surface area contributed by atoms with Gasteiger partial charge >= 0.3 is 0 Å². The summed E-state index contributed by atoms with van der Waals surface area (Å²) in [4.78, 5) is 30.7. The Hall–Kier alpha value is -4.79. The lowest BCUT2D eigenvalue weighted by molar-refractivity contribution is -0.110. The van der Waals surface area contributed by atoms with Crippen molar-refractivity contribution in [2.45, 2.75) is 0 Å². The smallest absolute Gasteiger partial charge is 0.258 e. The number of anilines is 3. The zero-order chi connectivity index (χ0) is 30.5. The van der Waals surface area contributed by atoms with Crippen LogP contribution in [0.2, 0.25) is 5.02 Å². The molecule has 0 radical (unpaired) electrons. The van der Waals surface area contributed by atoms with Gasteiger partial charge in [0.15, 0.2) is 11.5 Å². The molecule has 1 heterocycles. The van der Waals surface area contributed by atoms with Gasteiger partial charge in [-0.15, -0.1) is 0 Å². The molecule has 4 aromatic carbocycles. The number of methoxy groups -OCH3 is 2. The minimum atomic E-state index is -0.212. The summed E-state index contributed by atoms with van der Waals surface area (Å²) in [5.74, 6) is 0.671. The molecule has 4 aromatic rings. The predicted octanol–water partition coefficient (Wildman–Crippen LogP) is 6.50. The second-order valence-corrected chi connectivity index (χ2v) is 10.7. The third-order valence-corrected chi connectivity index (χ3v) is 7.37. The van der Waals surface area contributed by atoms with Crippen LogP contribution in [0.15, 0.2) is 91.0 Å².